The van der Waals surface area contributed by atoms with Gasteiger partial charge in [-0.15, -0.1) is 11.3 Å². The zero-order valence-corrected chi connectivity index (χ0v) is 23.0. The van der Waals surface area contributed by atoms with Gasteiger partial charge in [0.1, 0.15) is 16.3 Å². The lowest BCUT2D eigenvalue weighted by atomic mass is 9.92. The molecule has 0 aromatic carbocycles. The molecule has 0 radical (unpaired) electrons. The first-order chi connectivity index (χ1) is 17.4. The van der Waals surface area contributed by atoms with Crippen molar-refractivity contribution in [1.29, 1.82) is 0 Å². The summed E-state index contributed by atoms with van der Waals surface area (Å²) in [6, 6.07) is 0. The summed E-state index contributed by atoms with van der Waals surface area (Å²) in [7, 11) is 3.75. The summed E-state index contributed by atoms with van der Waals surface area (Å²) in [5, 5.41) is 1.52. The summed E-state index contributed by atoms with van der Waals surface area (Å²) in [6.07, 6.45) is 2.29. The van der Waals surface area contributed by atoms with Crippen molar-refractivity contribution < 1.29 is 23.7 Å². The molecule has 0 bridgehead atoms. The van der Waals surface area contributed by atoms with Crippen LogP contribution in [0.15, 0.2) is 6.33 Å². The van der Waals surface area contributed by atoms with E-state index < -0.39 is 0 Å². The number of hydrogen-bond donors (Lipinski definition) is 0. The molecule has 0 fully saturated rings. The number of halogens is 1. The van der Waals surface area contributed by atoms with Crippen LogP contribution >= 0.6 is 22.9 Å². The van der Waals surface area contributed by atoms with Crippen LogP contribution in [0.5, 0.6) is 0 Å². The minimum atomic E-state index is -0.239. The second-order valence-corrected chi connectivity index (χ2v) is 10.8. The molecule has 1 aliphatic rings. The van der Waals surface area contributed by atoms with Gasteiger partial charge in [-0.3, -0.25) is 4.90 Å². The molecule has 0 saturated carbocycles. The van der Waals surface area contributed by atoms with Crippen LogP contribution in [0.2, 0.25) is 5.15 Å². The van der Waals surface area contributed by atoms with Crippen LogP contribution < -0.4 is 0 Å². The minimum Gasteiger partial charge on any atom is -0.382 e. The Morgan fingerprint density at radius 1 is 1.06 bits per heavy atom. The Kier molecular flexibility index (Phi) is 9.82. The smallest absolute Gasteiger partial charge is 0.150 e. The Labute approximate surface area is 221 Å². The molecule has 11 heteroatoms. The number of aromatic nitrogens is 3. The summed E-state index contributed by atoms with van der Waals surface area (Å²) in [4.78, 5) is 17.0. The third-order valence-corrected chi connectivity index (χ3v) is 7.56. The van der Waals surface area contributed by atoms with Crippen molar-refractivity contribution in [1.82, 2.24) is 19.9 Å². The van der Waals surface area contributed by atoms with E-state index in [1.54, 1.807) is 18.4 Å². The summed E-state index contributed by atoms with van der Waals surface area (Å²) in [5.74, 6) is 0. The van der Waals surface area contributed by atoms with Gasteiger partial charge in [0.2, 0.25) is 0 Å². The first kappa shape index (κ1) is 27.5. The van der Waals surface area contributed by atoms with Gasteiger partial charge in [0.05, 0.1) is 74.4 Å². The standard InChI is InChI=1S/C25H35ClN4O5S/c1-25(2)13-19-18(15-35-25)17(20-21-22(36-24(20)29-19)23(26)28-16-27-21)14-30(3)5-6-32-9-10-34-12-11-33-8-7-31-4/h16H,5-15H2,1-4H3. The van der Waals surface area contributed by atoms with Crippen LogP contribution in [-0.4, -0.2) is 92.4 Å². The normalized spacial score (nSPS) is 15.3. The van der Waals surface area contributed by atoms with E-state index in [1.165, 1.54) is 11.9 Å². The maximum Gasteiger partial charge on any atom is 0.150 e. The SMILES string of the molecule is COCCOCCOCCOCCN(C)Cc1c2c(nc3sc4c(Cl)ncnc4c13)CC(C)(C)OC2. The number of thiophene rings is 1. The molecule has 36 heavy (non-hydrogen) atoms. The van der Waals surface area contributed by atoms with E-state index in [0.717, 1.165) is 51.2 Å². The molecule has 0 amide bonds. The van der Waals surface area contributed by atoms with Crippen molar-refractivity contribution in [3.8, 4) is 0 Å². The van der Waals surface area contributed by atoms with E-state index >= 15 is 0 Å². The van der Waals surface area contributed by atoms with Gasteiger partial charge in [0.15, 0.2) is 0 Å². The summed E-state index contributed by atoms with van der Waals surface area (Å²) < 4.78 is 28.7. The van der Waals surface area contributed by atoms with Crippen LogP contribution in [0.25, 0.3) is 20.4 Å². The average molecular weight is 539 g/mol. The van der Waals surface area contributed by atoms with E-state index in [0.29, 0.717) is 58.0 Å². The molecular formula is C25H35ClN4O5S. The summed E-state index contributed by atoms with van der Waals surface area (Å²) >= 11 is 7.97. The predicted molar refractivity (Wildman–Crippen MR) is 141 cm³/mol. The number of rotatable bonds is 14. The fraction of sp³-hybridized carbons (Fsp3) is 0.640. The number of likely N-dealkylation sites (N-methyl/N-ethyl adjacent to an activating group) is 1. The minimum absolute atomic E-state index is 0.239. The van der Waals surface area contributed by atoms with Crippen LogP contribution in [0.1, 0.15) is 30.7 Å². The highest BCUT2D eigenvalue weighted by Gasteiger charge is 2.31. The van der Waals surface area contributed by atoms with Gasteiger partial charge in [-0.05, 0) is 26.5 Å². The molecule has 0 spiro atoms. The second kappa shape index (κ2) is 12.8. The molecule has 0 saturated heterocycles. The first-order valence-corrected chi connectivity index (χ1v) is 13.4. The van der Waals surface area contributed by atoms with Crippen molar-refractivity contribution in [3.63, 3.8) is 0 Å². The van der Waals surface area contributed by atoms with Crippen LogP contribution in [0.4, 0.5) is 0 Å². The highest BCUT2D eigenvalue weighted by molar-refractivity contribution is 7.26. The fourth-order valence-electron chi connectivity index (χ4n) is 4.20. The van der Waals surface area contributed by atoms with Gasteiger partial charge < -0.3 is 23.7 Å². The lowest BCUT2D eigenvalue weighted by Gasteiger charge is -2.33. The molecule has 3 aromatic heterocycles. The zero-order valence-electron chi connectivity index (χ0n) is 21.5. The number of nitrogens with zero attached hydrogens (tertiary/aromatic N) is 4. The van der Waals surface area contributed by atoms with Crippen molar-refractivity contribution >= 4 is 43.4 Å². The number of methoxy groups -OCH3 is 1. The lowest BCUT2D eigenvalue weighted by Crippen LogP contribution is -2.34. The topological polar surface area (TPSA) is 88.1 Å². The van der Waals surface area contributed by atoms with Crippen LogP contribution in [-0.2, 0) is 43.3 Å². The quantitative estimate of drug-likeness (QED) is 0.224. The molecule has 4 rings (SSSR count). The predicted octanol–water partition coefficient (Wildman–Crippen LogP) is 3.87. The van der Waals surface area contributed by atoms with E-state index in [9.17, 15) is 0 Å². The molecule has 9 nitrogen and oxygen atoms in total. The molecule has 0 unspecified atom stereocenters. The summed E-state index contributed by atoms with van der Waals surface area (Å²) in [6.45, 7) is 10.3. The second-order valence-electron chi connectivity index (χ2n) is 9.43. The molecule has 198 valence electrons. The van der Waals surface area contributed by atoms with E-state index in [-0.39, 0.29) is 5.60 Å². The molecule has 0 atom stereocenters. The monoisotopic (exact) mass is 538 g/mol. The van der Waals surface area contributed by atoms with Crippen LogP contribution in [0.3, 0.4) is 0 Å². The zero-order chi connectivity index (χ0) is 25.5. The largest absolute Gasteiger partial charge is 0.382 e. The highest BCUT2D eigenvalue weighted by Crippen LogP contribution is 2.41. The Morgan fingerprint density at radius 3 is 2.47 bits per heavy atom. The molecule has 1 aliphatic heterocycles. The van der Waals surface area contributed by atoms with E-state index in [4.69, 9.17) is 40.3 Å². The van der Waals surface area contributed by atoms with Gasteiger partial charge in [0.25, 0.3) is 0 Å². The Balaban J connectivity index is 1.38. The van der Waals surface area contributed by atoms with Crippen molar-refractivity contribution in [3.05, 3.63) is 28.3 Å². The maximum absolute atomic E-state index is 6.41. The summed E-state index contributed by atoms with van der Waals surface area (Å²) in [5.41, 5.74) is 4.07. The van der Waals surface area contributed by atoms with Crippen LogP contribution in [0, 0.1) is 0 Å². The van der Waals surface area contributed by atoms with Gasteiger partial charge in [-0.25, -0.2) is 15.0 Å². The van der Waals surface area contributed by atoms with Crippen molar-refractivity contribution in [2.75, 3.05) is 67.0 Å². The maximum atomic E-state index is 6.41. The molecular weight excluding hydrogens is 504 g/mol. The van der Waals surface area contributed by atoms with Gasteiger partial charge in [-0.2, -0.15) is 0 Å². The highest BCUT2D eigenvalue weighted by atomic mass is 35.5. The molecule has 4 heterocycles. The van der Waals surface area contributed by atoms with Crippen molar-refractivity contribution in [2.45, 2.75) is 39.0 Å². The molecule has 3 aromatic rings. The fourth-order valence-corrected chi connectivity index (χ4v) is 5.51. The third kappa shape index (κ3) is 6.87. The van der Waals surface area contributed by atoms with E-state index in [1.807, 2.05) is 0 Å². The number of ether oxygens (including phenoxy) is 5. The van der Waals surface area contributed by atoms with Gasteiger partial charge >= 0.3 is 0 Å². The van der Waals surface area contributed by atoms with Gasteiger partial charge in [-0.1, -0.05) is 11.6 Å². The van der Waals surface area contributed by atoms with Gasteiger partial charge in [0, 0.05) is 37.6 Å². The third-order valence-electron chi connectivity index (χ3n) is 6.08. The Hall–Kier alpha value is -1.50. The van der Waals surface area contributed by atoms with Crippen molar-refractivity contribution in [2.24, 2.45) is 0 Å². The first-order valence-electron chi connectivity index (χ1n) is 12.2. The molecule has 0 aliphatic carbocycles. The number of fused-ring (bicyclic) bond motifs is 4. The lowest BCUT2D eigenvalue weighted by molar-refractivity contribution is -0.0417. The number of hydrogen-bond acceptors (Lipinski definition) is 10. The Bertz CT molecular complexity index is 1160. The average Bonchev–Trinajstić information content (AvgIpc) is 3.21. The molecule has 0 N–H and O–H groups in total. The van der Waals surface area contributed by atoms with E-state index in [2.05, 4.69) is 35.8 Å². The Morgan fingerprint density at radius 2 is 1.75 bits per heavy atom. The number of pyridine rings is 1.